The largest absolute Gasteiger partial charge is 0.245 e. The number of sulfonamides is 1. The van der Waals surface area contributed by atoms with Gasteiger partial charge in [-0.1, -0.05) is 37.0 Å². The van der Waals surface area contributed by atoms with E-state index < -0.39 is 10.0 Å². The Hall–Kier alpha value is -0.320. The van der Waals surface area contributed by atoms with E-state index >= 15 is 0 Å². The molecule has 1 rings (SSSR count). The molecule has 0 atom stereocenters. The Morgan fingerprint density at radius 3 is 2.53 bits per heavy atom. The van der Waals surface area contributed by atoms with Crippen LogP contribution in [0.3, 0.4) is 0 Å². The van der Waals surface area contributed by atoms with Crippen molar-refractivity contribution in [2.75, 3.05) is 13.1 Å². The average molecular weight is 341 g/mol. The van der Waals surface area contributed by atoms with Crippen LogP contribution in [0.25, 0.3) is 0 Å². The first-order valence-electron chi connectivity index (χ1n) is 5.61. The van der Waals surface area contributed by atoms with Crippen molar-refractivity contribution in [3.8, 4) is 6.07 Å². The van der Waals surface area contributed by atoms with Crippen molar-refractivity contribution >= 4 is 44.6 Å². The van der Waals surface area contributed by atoms with E-state index in [0.717, 1.165) is 11.3 Å². The summed E-state index contributed by atoms with van der Waals surface area (Å²) in [6, 6.07) is 3.30. The lowest BCUT2D eigenvalue weighted by atomic mass is 10.2. The number of hydrogen-bond donors (Lipinski definition) is 0. The fourth-order valence-electron chi connectivity index (χ4n) is 1.53. The lowest BCUT2D eigenvalue weighted by Gasteiger charge is -2.22. The van der Waals surface area contributed by atoms with Crippen LogP contribution in [0.2, 0.25) is 8.67 Å². The fraction of sp³-hybridized carbons (Fsp3) is 0.545. The molecule has 106 valence electrons. The van der Waals surface area contributed by atoms with Crippen LogP contribution < -0.4 is 0 Å². The van der Waals surface area contributed by atoms with Crippen LogP contribution in [0.5, 0.6) is 0 Å². The Morgan fingerprint density at radius 1 is 1.47 bits per heavy atom. The smallest absolute Gasteiger partial charge is 0.207 e. The van der Waals surface area contributed by atoms with E-state index in [2.05, 4.69) is 0 Å². The van der Waals surface area contributed by atoms with Crippen LogP contribution in [0, 0.1) is 17.2 Å². The Morgan fingerprint density at radius 2 is 2.11 bits per heavy atom. The number of thiophene rings is 1. The third-order valence-corrected chi connectivity index (χ3v) is 5.90. The minimum Gasteiger partial charge on any atom is -0.207 e. The Bertz CT molecular complexity index is 576. The van der Waals surface area contributed by atoms with E-state index in [9.17, 15) is 8.42 Å². The van der Waals surface area contributed by atoms with Crippen LogP contribution in [-0.4, -0.2) is 25.8 Å². The molecule has 0 radical (unpaired) electrons. The molecule has 8 heteroatoms. The van der Waals surface area contributed by atoms with E-state index in [1.165, 1.54) is 10.4 Å². The summed E-state index contributed by atoms with van der Waals surface area (Å²) < 4.78 is 26.7. The van der Waals surface area contributed by atoms with E-state index in [4.69, 9.17) is 28.5 Å². The predicted molar refractivity (Wildman–Crippen MR) is 78.2 cm³/mol. The van der Waals surface area contributed by atoms with Gasteiger partial charge in [-0.2, -0.15) is 9.57 Å². The summed E-state index contributed by atoms with van der Waals surface area (Å²) in [4.78, 5) is 0.0164. The molecule has 0 bridgehead atoms. The van der Waals surface area contributed by atoms with Crippen LogP contribution in [0.4, 0.5) is 0 Å². The molecule has 0 aliphatic rings. The average Bonchev–Trinajstić information content (AvgIpc) is 2.63. The van der Waals surface area contributed by atoms with Gasteiger partial charge in [-0.15, -0.1) is 11.3 Å². The monoisotopic (exact) mass is 340 g/mol. The normalized spacial score (nSPS) is 12.1. The van der Waals surface area contributed by atoms with Gasteiger partial charge in [0.15, 0.2) is 0 Å². The van der Waals surface area contributed by atoms with Crippen molar-refractivity contribution in [2.24, 2.45) is 5.92 Å². The van der Waals surface area contributed by atoms with Crippen LogP contribution >= 0.6 is 34.5 Å². The van der Waals surface area contributed by atoms with E-state index in [0.29, 0.717) is 10.9 Å². The molecule has 0 saturated carbocycles. The van der Waals surface area contributed by atoms with Crippen molar-refractivity contribution < 1.29 is 8.42 Å². The number of halogens is 2. The Labute approximate surface area is 127 Å². The SMILES string of the molecule is CC(C)CN(CCC#N)S(=O)(=O)c1cc(Cl)sc1Cl. The maximum atomic E-state index is 12.5. The van der Waals surface area contributed by atoms with Crippen LogP contribution in [-0.2, 0) is 10.0 Å². The van der Waals surface area contributed by atoms with Gasteiger partial charge in [-0.05, 0) is 12.0 Å². The molecule has 0 fully saturated rings. The van der Waals surface area contributed by atoms with Crippen LogP contribution in [0.1, 0.15) is 20.3 Å². The van der Waals surface area contributed by atoms with Gasteiger partial charge in [0, 0.05) is 19.5 Å². The summed E-state index contributed by atoms with van der Waals surface area (Å²) in [6.45, 7) is 4.32. The summed E-state index contributed by atoms with van der Waals surface area (Å²) in [6.07, 6.45) is 0.140. The standard InChI is InChI=1S/C11H14Cl2N2O2S2/c1-8(2)7-15(5-3-4-14)19(16,17)9-6-10(12)18-11(9)13/h6,8H,3,5,7H2,1-2H3. The Kier molecular flexibility index (Phi) is 6.09. The molecular weight excluding hydrogens is 327 g/mol. The summed E-state index contributed by atoms with van der Waals surface area (Å²) in [5.74, 6) is 0.154. The lowest BCUT2D eigenvalue weighted by Crippen LogP contribution is -2.35. The molecule has 0 N–H and O–H groups in total. The molecular formula is C11H14Cl2N2O2S2. The Balaban J connectivity index is 3.12. The summed E-state index contributed by atoms with van der Waals surface area (Å²) in [5.41, 5.74) is 0. The molecule has 0 amide bonds. The molecule has 19 heavy (non-hydrogen) atoms. The zero-order valence-electron chi connectivity index (χ0n) is 10.6. The minimum absolute atomic E-state index is 0.0164. The zero-order chi connectivity index (χ0) is 14.6. The number of hydrogen-bond acceptors (Lipinski definition) is 4. The van der Waals surface area contributed by atoms with Crippen molar-refractivity contribution in [2.45, 2.75) is 25.2 Å². The third-order valence-electron chi connectivity index (χ3n) is 2.29. The highest BCUT2D eigenvalue weighted by Crippen LogP contribution is 2.35. The molecule has 0 saturated heterocycles. The fourth-order valence-corrected chi connectivity index (χ4v) is 5.25. The highest BCUT2D eigenvalue weighted by Gasteiger charge is 2.28. The van der Waals surface area contributed by atoms with Crippen molar-refractivity contribution in [3.05, 3.63) is 14.7 Å². The molecule has 1 aromatic rings. The molecule has 1 aromatic heterocycles. The predicted octanol–water partition coefficient (Wildman–Crippen LogP) is 3.62. The number of rotatable bonds is 6. The molecule has 0 spiro atoms. The number of nitriles is 1. The second-order valence-electron chi connectivity index (χ2n) is 4.35. The maximum absolute atomic E-state index is 12.5. The van der Waals surface area contributed by atoms with Gasteiger partial charge >= 0.3 is 0 Å². The maximum Gasteiger partial charge on any atom is 0.245 e. The number of nitrogens with zero attached hydrogens (tertiary/aromatic N) is 2. The third kappa shape index (κ3) is 4.33. The van der Waals surface area contributed by atoms with Crippen LogP contribution in [0.15, 0.2) is 11.0 Å². The first-order chi connectivity index (χ1) is 8.78. The summed E-state index contributed by atoms with van der Waals surface area (Å²) >= 11 is 12.7. The van der Waals surface area contributed by atoms with E-state index in [1.807, 2.05) is 19.9 Å². The van der Waals surface area contributed by atoms with E-state index in [-0.39, 0.29) is 28.1 Å². The van der Waals surface area contributed by atoms with Crippen molar-refractivity contribution in [1.29, 1.82) is 5.26 Å². The minimum atomic E-state index is -3.70. The van der Waals surface area contributed by atoms with Gasteiger partial charge in [-0.25, -0.2) is 8.42 Å². The van der Waals surface area contributed by atoms with Gasteiger partial charge in [-0.3, -0.25) is 0 Å². The lowest BCUT2D eigenvalue weighted by molar-refractivity contribution is 0.373. The first kappa shape index (κ1) is 16.7. The van der Waals surface area contributed by atoms with Gasteiger partial charge in [0.2, 0.25) is 10.0 Å². The molecule has 1 heterocycles. The van der Waals surface area contributed by atoms with E-state index in [1.54, 1.807) is 0 Å². The highest BCUT2D eigenvalue weighted by molar-refractivity contribution is 7.89. The second-order valence-corrected chi connectivity index (χ2v) is 8.55. The van der Waals surface area contributed by atoms with Crippen molar-refractivity contribution in [3.63, 3.8) is 0 Å². The molecule has 0 unspecified atom stereocenters. The van der Waals surface area contributed by atoms with Crippen molar-refractivity contribution in [1.82, 2.24) is 4.31 Å². The molecule has 4 nitrogen and oxygen atoms in total. The molecule has 0 aliphatic heterocycles. The second kappa shape index (κ2) is 6.91. The van der Waals surface area contributed by atoms with Gasteiger partial charge in [0.25, 0.3) is 0 Å². The summed E-state index contributed by atoms with van der Waals surface area (Å²) in [5, 5.41) is 8.63. The molecule has 0 aromatic carbocycles. The van der Waals surface area contributed by atoms with Gasteiger partial charge < -0.3 is 0 Å². The molecule has 0 aliphatic carbocycles. The van der Waals surface area contributed by atoms with Gasteiger partial charge in [0.05, 0.1) is 10.4 Å². The first-order valence-corrected chi connectivity index (χ1v) is 8.62. The highest BCUT2D eigenvalue weighted by atomic mass is 35.5. The quantitative estimate of drug-likeness (QED) is 0.794. The summed E-state index contributed by atoms with van der Waals surface area (Å²) in [7, 11) is -3.70. The zero-order valence-corrected chi connectivity index (χ0v) is 13.7. The van der Waals surface area contributed by atoms with Gasteiger partial charge in [0.1, 0.15) is 9.23 Å². The topological polar surface area (TPSA) is 61.2 Å².